The van der Waals surface area contributed by atoms with Crippen molar-refractivity contribution in [3.63, 3.8) is 0 Å². The van der Waals surface area contributed by atoms with Crippen molar-refractivity contribution in [2.45, 2.75) is 37.5 Å². The first kappa shape index (κ1) is 12.9. The van der Waals surface area contributed by atoms with E-state index < -0.39 is 0 Å². The second kappa shape index (κ2) is 5.49. The van der Waals surface area contributed by atoms with Crippen LogP contribution in [0.3, 0.4) is 0 Å². The molecule has 3 heterocycles. The zero-order valence-corrected chi connectivity index (χ0v) is 11.2. The van der Waals surface area contributed by atoms with Crippen molar-refractivity contribution in [3.8, 4) is 0 Å². The Morgan fingerprint density at radius 3 is 3.21 bits per heavy atom. The average molecular weight is 267 g/mol. The van der Waals surface area contributed by atoms with E-state index in [1.54, 1.807) is 7.05 Å². The molecule has 2 fully saturated rings. The molecule has 0 aliphatic carbocycles. The molecule has 2 aliphatic heterocycles. The van der Waals surface area contributed by atoms with Gasteiger partial charge in [-0.25, -0.2) is 0 Å². The molecule has 8 nitrogen and oxygen atoms in total. The van der Waals surface area contributed by atoms with Gasteiger partial charge in [-0.3, -0.25) is 16.2 Å². The third kappa shape index (κ3) is 2.76. The second-order valence-corrected chi connectivity index (χ2v) is 5.34. The third-order valence-electron chi connectivity index (χ3n) is 4.03. The highest BCUT2D eigenvalue weighted by atomic mass is 16.5. The average Bonchev–Trinajstić information content (AvgIpc) is 3.03. The number of hydrogen-bond acceptors (Lipinski definition) is 7. The fourth-order valence-electron chi connectivity index (χ4n) is 2.99. The van der Waals surface area contributed by atoms with Crippen molar-refractivity contribution >= 4 is 0 Å². The number of hydrogen-bond donors (Lipinski definition) is 2. The minimum absolute atomic E-state index is 0.0192. The zero-order chi connectivity index (χ0) is 13.2. The van der Waals surface area contributed by atoms with E-state index in [0.29, 0.717) is 18.3 Å². The van der Waals surface area contributed by atoms with Gasteiger partial charge in [0.2, 0.25) is 0 Å². The summed E-state index contributed by atoms with van der Waals surface area (Å²) in [6, 6.07) is 0.620. The molecule has 0 aromatic carbocycles. The van der Waals surface area contributed by atoms with Gasteiger partial charge in [0, 0.05) is 19.0 Å². The molecule has 2 saturated heterocycles. The first-order valence-corrected chi connectivity index (χ1v) is 6.81. The molecule has 0 saturated carbocycles. The van der Waals surface area contributed by atoms with Crippen LogP contribution in [0.5, 0.6) is 0 Å². The lowest BCUT2D eigenvalue weighted by molar-refractivity contribution is -0.0646. The molecular weight excluding hydrogens is 246 g/mol. The van der Waals surface area contributed by atoms with Crippen LogP contribution in [-0.4, -0.2) is 63.0 Å². The van der Waals surface area contributed by atoms with Crippen molar-refractivity contribution in [2.75, 3.05) is 19.7 Å². The Morgan fingerprint density at radius 2 is 2.47 bits per heavy atom. The topological polar surface area (TPSA) is 94.1 Å². The zero-order valence-electron chi connectivity index (χ0n) is 11.2. The summed E-state index contributed by atoms with van der Waals surface area (Å²) in [4.78, 5) is 3.96. The molecule has 1 aromatic heterocycles. The number of aryl methyl sites for hydroxylation is 1. The summed E-state index contributed by atoms with van der Waals surface area (Å²) in [5, 5.41) is 12.0. The Morgan fingerprint density at radius 1 is 1.58 bits per heavy atom. The van der Waals surface area contributed by atoms with Crippen molar-refractivity contribution in [1.29, 1.82) is 0 Å². The molecule has 1 aromatic rings. The molecule has 2 aliphatic rings. The minimum Gasteiger partial charge on any atom is -0.374 e. The van der Waals surface area contributed by atoms with E-state index in [-0.39, 0.29) is 12.1 Å². The summed E-state index contributed by atoms with van der Waals surface area (Å²) in [7, 11) is 1.76. The fourth-order valence-corrected chi connectivity index (χ4v) is 2.99. The Labute approximate surface area is 112 Å². The molecule has 3 rings (SSSR count). The molecule has 8 heteroatoms. The second-order valence-electron chi connectivity index (χ2n) is 5.34. The molecule has 3 N–H and O–H groups in total. The van der Waals surface area contributed by atoms with Crippen molar-refractivity contribution in [1.82, 2.24) is 30.5 Å². The summed E-state index contributed by atoms with van der Waals surface area (Å²) >= 11 is 0. The van der Waals surface area contributed by atoms with Crippen LogP contribution in [0.15, 0.2) is 0 Å². The summed E-state index contributed by atoms with van der Waals surface area (Å²) < 4.78 is 5.96. The van der Waals surface area contributed by atoms with E-state index in [2.05, 4.69) is 25.7 Å². The quantitative estimate of drug-likeness (QED) is 0.503. The highest BCUT2D eigenvalue weighted by molar-refractivity contribution is 4.93. The van der Waals surface area contributed by atoms with E-state index in [1.165, 1.54) is 24.2 Å². The Kier molecular flexibility index (Phi) is 3.74. The lowest BCUT2D eigenvalue weighted by atomic mass is 10.0. The maximum atomic E-state index is 5.96. The predicted molar refractivity (Wildman–Crippen MR) is 67.9 cm³/mol. The summed E-state index contributed by atoms with van der Waals surface area (Å²) in [5.74, 6) is 6.36. The van der Waals surface area contributed by atoms with Crippen molar-refractivity contribution in [2.24, 2.45) is 12.9 Å². The first-order valence-electron chi connectivity index (χ1n) is 6.81. The van der Waals surface area contributed by atoms with Crippen LogP contribution in [0.25, 0.3) is 0 Å². The van der Waals surface area contributed by atoms with Crippen LogP contribution in [0.4, 0.5) is 0 Å². The van der Waals surface area contributed by atoms with Gasteiger partial charge in [0.1, 0.15) is 0 Å². The number of rotatable bonds is 4. The lowest BCUT2D eigenvalue weighted by Crippen LogP contribution is -2.56. The SMILES string of the molecule is Cn1nnc(CC(NN)C2CN3CCCC3CO2)n1. The van der Waals surface area contributed by atoms with Gasteiger partial charge in [0.25, 0.3) is 0 Å². The molecular formula is C11H21N7O. The number of morpholine rings is 1. The third-order valence-corrected chi connectivity index (χ3v) is 4.03. The monoisotopic (exact) mass is 267 g/mol. The maximum absolute atomic E-state index is 5.96. The normalized spacial score (nSPS) is 29.4. The molecule has 106 valence electrons. The molecule has 0 radical (unpaired) electrons. The van der Waals surface area contributed by atoms with E-state index >= 15 is 0 Å². The van der Waals surface area contributed by atoms with E-state index in [1.807, 2.05) is 0 Å². The number of nitrogens with zero attached hydrogens (tertiary/aromatic N) is 5. The number of hydrazine groups is 1. The highest BCUT2D eigenvalue weighted by Gasteiger charge is 2.35. The highest BCUT2D eigenvalue weighted by Crippen LogP contribution is 2.24. The number of tetrazole rings is 1. The Hall–Kier alpha value is -1.09. The number of nitrogens with one attached hydrogen (secondary N) is 1. The van der Waals surface area contributed by atoms with Crippen molar-refractivity contribution in [3.05, 3.63) is 5.82 Å². The smallest absolute Gasteiger partial charge is 0.176 e. The van der Waals surface area contributed by atoms with E-state index in [4.69, 9.17) is 10.6 Å². The first-order chi connectivity index (χ1) is 9.26. The molecule has 0 spiro atoms. The fraction of sp³-hybridized carbons (Fsp3) is 0.909. The predicted octanol–water partition coefficient (Wildman–Crippen LogP) is -1.55. The molecule has 0 bridgehead atoms. The summed E-state index contributed by atoms with van der Waals surface area (Å²) in [6.45, 7) is 2.90. The maximum Gasteiger partial charge on any atom is 0.176 e. The van der Waals surface area contributed by atoms with E-state index in [9.17, 15) is 0 Å². The van der Waals surface area contributed by atoms with Crippen LogP contribution in [0.2, 0.25) is 0 Å². The lowest BCUT2D eigenvalue weighted by Gasteiger charge is -2.38. The summed E-state index contributed by atoms with van der Waals surface area (Å²) in [5.41, 5.74) is 2.84. The summed E-state index contributed by atoms with van der Waals surface area (Å²) in [6.07, 6.45) is 3.24. The van der Waals surface area contributed by atoms with Gasteiger partial charge in [0.05, 0.1) is 25.8 Å². The van der Waals surface area contributed by atoms with Gasteiger partial charge in [-0.2, -0.15) is 4.80 Å². The number of fused-ring (bicyclic) bond motifs is 1. The van der Waals surface area contributed by atoms with Crippen LogP contribution in [-0.2, 0) is 18.2 Å². The Balaban J connectivity index is 1.62. The van der Waals surface area contributed by atoms with Crippen LogP contribution in [0, 0.1) is 0 Å². The van der Waals surface area contributed by atoms with Gasteiger partial charge < -0.3 is 4.74 Å². The van der Waals surface area contributed by atoms with Crippen molar-refractivity contribution < 1.29 is 4.74 Å². The molecule has 19 heavy (non-hydrogen) atoms. The van der Waals surface area contributed by atoms with E-state index in [0.717, 1.165) is 13.2 Å². The molecule has 0 amide bonds. The largest absolute Gasteiger partial charge is 0.374 e. The van der Waals surface area contributed by atoms with Gasteiger partial charge in [-0.05, 0) is 24.6 Å². The minimum atomic E-state index is 0.0192. The molecule has 3 atom stereocenters. The van der Waals surface area contributed by atoms with Gasteiger partial charge in [0.15, 0.2) is 5.82 Å². The Bertz CT molecular complexity index is 423. The standard InChI is InChI=1S/C11H21N7O/c1-17-15-11(14-16-17)5-9(13-12)10-6-18-4-2-3-8(18)7-19-10/h8-10,13H,2-7,12H2,1H3. The van der Waals surface area contributed by atoms with Crippen LogP contribution < -0.4 is 11.3 Å². The van der Waals surface area contributed by atoms with Crippen LogP contribution >= 0.6 is 0 Å². The number of aromatic nitrogens is 4. The van der Waals surface area contributed by atoms with Gasteiger partial charge in [-0.1, -0.05) is 0 Å². The van der Waals surface area contributed by atoms with Gasteiger partial charge in [-0.15, -0.1) is 10.2 Å². The number of ether oxygens (including phenoxy) is 1. The molecule has 3 unspecified atom stereocenters. The van der Waals surface area contributed by atoms with Crippen LogP contribution in [0.1, 0.15) is 18.7 Å². The number of nitrogens with two attached hydrogens (primary N) is 1. The van der Waals surface area contributed by atoms with Gasteiger partial charge >= 0.3 is 0 Å².